The summed E-state index contributed by atoms with van der Waals surface area (Å²) in [5.41, 5.74) is 3.10. The summed E-state index contributed by atoms with van der Waals surface area (Å²) in [5.74, 6) is 0.814. The van der Waals surface area contributed by atoms with E-state index in [9.17, 15) is 9.59 Å². The smallest absolute Gasteiger partial charge is 0.255 e. The lowest BCUT2D eigenvalue weighted by Gasteiger charge is -2.29. The standard InChI is InChI=1S/C20H22N2O4/c1-13(23)22-10-4-5-14-6-8-16(12-17(14)22)21-20(24)15-7-9-18(25-2)19(11-15)26-3/h6-9,11-12H,4-5,10H2,1-3H3,(H,21,24). The van der Waals surface area contributed by atoms with Crippen LogP contribution in [0.3, 0.4) is 0 Å². The van der Waals surface area contributed by atoms with Gasteiger partial charge in [-0.3, -0.25) is 9.59 Å². The Balaban J connectivity index is 1.84. The number of ether oxygens (including phenoxy) is 2. The number of aryl methyl sites for hydroxylation is 1. The maximum atomic E-state index is 12.6. The van der Waals surface area contributed by atoms with Gasteiger partial charge in [0.25, 0.3) is 5.91 Å². The van der Waals surface area contributed by atoms with Crippen LogP contribution in [0.1, 0.15) is 29.3 Å². The number of carbonyl (C=O) groups is 2. The minimum atomic E-state index is -0.254. The first-order valence-corrected chi connectivity index (χ1v) is 8.48. The molecule has 0 saturated carbocycles. The van der Waals surface area contributed by atoms with Gasteiger partial charge in [-0.25, -0.2) is 0 Å². The topological polar surface area (TPSA) is 67.9 Å². The second kappa shape index (κ2) is 7.47. The van der Waals surface area contributed by atoms with Gasteiger partial charge in [-0.15, -0.1) is 0 Å². The van der Waals surface area contributed by atoms with E-state index in [0.717, 1.165) is 24.1 Å². The van der Waals surface area contributed by atoms with Gasteiger partial charge in [0.1, 0.15) is 0 Å². The molecule has 1 aliphatic rings. The van der Waals surface area contributed by atoms with E-state index in [1.165, 1.54) is 7.11 Å². The van der Waals surface area contributed by atoms with Gasteiger partial charge in [0.15, 0.2) is 11.5 Å². The van der Waals surface area contributed by atoms with Gasteiger partial charge < -0.3 is 19.7 Å². The monoisotopic (exact) mass is 354 g/mol. The van der Waals surface area contributed by atoms with Gasteiger partial charge in [0.05, 0.1) is 14.2 Å². The van der Waals surface area contributed by atoms with Crippen molar-refractivity contribution in [3.05, 3.63) is 47.5 Å². The van der Waals surface area contributed by atoms with Crippen LogP contribution in [0, 0.1) is 0 Å². The van der Waals surface area contributed by atoms with E-state index in [4.69, 9.17) is 9.47 Å². The van der Waals surface area contributed by atoms with E-state index in [1.54, 1.807) is 37.1 Å². The van der Waals surface area contributed by atoms with Gasteiger partial charge in [-0.1, -0.05) is 6.07 Å². The fraction of sp³-hybridized carbons (Fsp3) is 0.300. The third kappa shape index (κ3) is 3.49. The Bertz CT molecular complexity index is 848. The van der Waals surface area contributed by atoms with Crippen LogP contribution in [-0.4, -0.2) is 32.6 Å². The van der Waals surface area contributed by atoms with Crippen molar-refractivity contribution >= 4 is 23.2 Å². The maximum Gasteiger partial charge on any atom is 0.255 e. The Morgan fingerprint density at radius 2 is 1.81 bits per heavy atom. The number of carbonyl (C=O) groups excluding carboxylic acids is 2. The first-order chi connectivity index (χ1) is 12.5. The van der Waals surface area contributed by atoms with Gasteiger partial charge in [0.2, 0.25) is 5.91 Å². The predicted octanol–water partition coefficient (Wildman–Crippen LogP) is 3.26. The number of rotatable bonds is 4. The van der Waals surface area contributed by atoms with E-state index >= 15 is 0 Å². The quantitative estimate of drug-likeness (QED) is 0.915. The second-order valence-corrected chi connectivity index (χ2v) is 6.14. The molecule has 0 saturated heterocycles. The molecule has 1 heterocycles. The molecule has 26 heavy (non-hydrogen) atoms. The van der Waals surface area contributed by atoms with E-state index in [2.05, 4.69) is 5.32 Å². The van der Waals surface area contributed by atoms with Crippen molar-refractivity contribution in [2.75, 3.05) is 31.0 Å². The summed E-state index contributed by atoms with van der Waals surface area (Å²) < 4.78 is 10.4. The molecule has 0 aromatic heterocycles. The Morgan fingerprint density at radius 3 is 2.50 bits per heavy atom. The molecule has 0 spiro atoms. The second-order valence-electron chi connectivity index (χ2n) is 6.14. The van der Waals surface area contributed by atoms with E-state index in [1.807, 2.05) is 18.2 Å². The molecule has 0 fully saturated rings. The molecule has 0 radical (unpaired) electrons. The summed E-state index contributed by atoms with van der Waals surface area (Å²) in [5, 5.41) is 2.88. The summed E-state index contributed by atoms with van der Waals surface area (Å²) in [6, 6.07) is 10.7. The highest BCUT2D eigenvalue weighted by molar-refractivity contribution is 6.05. The third-order valence-corrected chi connectivity index (χ3v) is 4.49. The zero-order chi connectivity index (χ0) is 18.7. The first kappa shape index (κ1) is 17.8. The first-order valence-electron chi connectivity index (χ1n) is 8.48. The van der Waals surface area contributed by atoms with Gasteiger partial charge >= 0.3 is 0 Å². The number of nitrogens with zero attached hydrogens (tertiary/aromatic N) is 1. The van der Waals surface area contributed by atoms with Crippen LogP contribution in [0.15, 0.2) is 36.4 Å². The highest BCUT2D eigenvalue weighted by Gasteiger charge is 2.20. The number of methoxy groups -OCH3 is 2. The number of anilines is 2. The molecule has 3 rings (SSSR count). The fourth-order valence-corrected chi connectivity index (χ4v) is 3.16. The van der Waals surface area contributed by atoms with Crippen LogP contribution in [-0.2, 0) is 11.2 Å². The molecule has 2 aromatic rings. The van der Waals surface area contributed by atoms with Crippen LogP contribution in [0.2, 0.25) is 0 Å². The molecule has 2 amide bonds. The highest BCUT2D eigenvalue weighted by Crippen LogP contribution is 2.31. The Labute approximate surface area is 152 Å². The van der Waals surface area contributed by atoms with Crippen LogP contribution < -0.4 is 19.7 Å². The van der Waals surface area contributed by atoms with Crippen LogP contribution >= 0.6 is 0 Å². The number of amides is 2. The minimum Gasteiger partial charge on any atom is -0.493 e. The predicted molar refractivity (Wildman–Crippen MR) is 100 cm³/mol. The van der Waals surface area contributed by atoms with Crippen molar-refractivity contribution in [2.45, 2.75) is 19.8 Å². The normalized spacial score (nSPS) is 13.0. The summed E-state index contributed by atoms with van der Waals surface area (Å²) in [7, 11) is 3.07. The Kier molecular flexibility index (Phi) is 5.11. The maximum absolute atomic E-state index is 12.6. The lowest BCUT2D eigenvalue weighted by Crippen LogP contribution is -2.33. The molecule has 1 N–H and O–H groups in total. The number of fused-ring (bicyclic) bond motifs is 1. The lowest BCUT2D eigenvalue weighted by molar-refractivity contribution is -0.116. The molecule has 0 unspecified atom stereocenters. The number of hydrogen-bond donors (Lipinski definition) is 1. The summed E-state index contributed by atoms with van der Waals surface area (Å²) in [4.78, 5) is 26.2. The van der Waals surface area contributed by atoms with E-state index in [-0.39, 0.29) is 11.8 Å². The molecular formula is C20H22N2O4. The summed E-state index contributed by atoms with van der Waals surface area (Å²) >= 11 is 0. The molecule has 2 aromatic carbocycles. The highest BCUT2D eigenvalue weighted by atomic mass is 16.5. The molecule has 1 aliphatic heterocycles. The van der Waals surface area contributed by atoms with Crippen LogP contribution in [0.25, 0.3) is 0 Å². The number of nitrogens with one attached hydrogen (secondary N) is 1. The van der Waals surface area contributed by atoms with Gasteiger partial charge in [0, 0.05) is 30.4 Å². The molecular weight excluding hydrogens is 332 g/mol. The lowest BCUT2D eigenvalue weighted by atomic mass is 10.0. The van der Waals surface area contributed by atoms with Crippen molar-refractivity contribution in [3.63, 3.8) is 0 Å². The Morgan fingerprint density at radius 1 is 1.04 bits per heavy atom. The van der Waals surface area contributed by atoms with Crippen LogP contribution in [0.5, 0.6) is 11.5 Å². The molecule has 6 heteroatoms. The summed E-state index contributed by atoms with van der Waals surface area (Å²) in [6.07, 6.45) is 1.88. The SMILES string of the molecule is COc1ccc(C(=O)Nc2ccc3c(c2)N(C(C)=O)CCC3)cc1OC. The van der Waals surface area contributed by atoms with Crippen molar-refractivity contribution in [2.24, 2.45) is 0 Å². The minimum absolute atomic E-state index is 0.00863. The number of hydrogen-bond acceptors (Lipinski definition) is 4. The zero-order valence-electron chi connectivity index (χ0n) is 15.2. The van der Waals surface area contributed by atoms with Crippen molar-refractivity contribution < 1.29 is 19.1 Å². The molecule has 136 valence electrons. The van der Waals surface area contributed by atoms with Crippen molar-refractivity contribution in [3.8, 4) is 11.5 Å². The third-order valence-electron chi connectivity index (χ3n) is 4.49. The van der Waals surface area contributed by atoms with Crippen LogP contribution in [0.4, 0.5) is 11.4 Å². The van der Waals surface area contributed by atoms with Crippen molar-refractivity contribution in [1.29, 1.82) is 0 Å². The van der Waals surface area contributed by atoms with Crippen molar-refractivity contribution in [1.82, 2.24) is 0 Å². The molecule has 6 nitrogen and oxygen atoms in total. The number of benzene rings is 2. The average Bonchev–Trinajstić information content (AvgIpc) is 2.66. The molecule has 0 aliphatic carbocycles. The zero-order valence-corrected chi connectivity index (χ0v) is 15.2. The molecule has 0 atom stereocenters. The Hall–Kier alpha value is -3.02. The van der Waals surface area contributed by atoms with Gasteiger partial charge in [-0.05, 0) is 48.7 Å². The molecule has 0 bridgehead atoms. The summed E-state index contributed by atoms with van der Waals surface area (Å²) in [6.45, 7) is 2.26. The fourth-order valence-electron chi connectivity index (χ4n) is 3.16. The largest absolute Gasteiger partial charge is 0.493 e. The van der Waals surface area contributed by atoms with E-state index in [0.29, 0.717) is 29.3 Å². The van der Waals surface area contributed by atoms with Gasteiger partial charge in [-0.2, -0.15) is 0 Å². The average molecular weight is 354 g/mol. The van der Waals surface area contributed by atoms with E-state index < -0.39 is 0 Å².